The largest absolute Gasteiger partial charge is 0.501 e. The highest BCUT2D eigenvalue weighted by Gasteiger charge is 2.47. The van der Waals surface area contributed by atoms with E-state index in [1.807, 2.05) is 0 Å². The topological polar surface area (TPSA) is 140 Å². The van der Waals surface area contributed by atoms with Gasteiger partial charge in [-0.3, -0.25) is 0 Å². The molecule has 0 aromatic carbocycles. The molecule has 2 aromatic heterocycles. The van der Waals surface area contributed by atoms with Crippen molar-refractivity contribution in [3.63, 3.8) is 0 Å². The Hall–Kier alpha value is -2.74. The number of fused-ring (bicyclic) bond motifs is 1. The van der Waals surface area contributed by atoms with Crippen molar-refractivity contribution in [2.75, 3.05) is 5.75 Å². The van der Waals surface area contributed by atoms with E-state index in [4.69, 9.17) is 4.42 Å². The van der Waals surface area contributed by atoms with Gasteiger partial charge in [0.1, 0.15) is 10.4 Å². The monoisotopic (exact) mass is 439 g/mol. The molecule has 0 amide bonds. The number of nitrogens with zero attached hydrogens (tertiary/aromatic N) is 3. The quantitative estimate of drug-likeness (QED) is 0.313. The highest BCUT2D eigenvalue weighted by molar-refractivity contribution is 7.96. The number of oxazole rings is 1. The van der Waals surface area contributed by atoms with Crippen LogP contribution in [0, 0.1) is 0 Å². The maximum atomic E-state index is 12.7. The predicted molar refractivity (Wildman–Crippen MR) is 91.1 cm³/mol. The second kappa shape index (κ2) is 7.35. The number of hydrogen-bond donors (Lipinski definition) is 1. The Morgan fingerprint density at radius 1 is 1.36 bits per heavy atom. The second-order valence-electron chi connectivity index (χ2n) is 5.08. The van der Waals surface area contributed by atoms with Crippen LogP contribution in [0.4, 0.5) is 13.2 Å². The summed E-state index contributed by atoms with van der Waals surface area (Å²) >= 11 is 0. The lowest BCUT2D eigenvalue weighted by Gasteiger charge is -2.06. The molecular weight excluding hydrogens is 427 g/mol. The first kappa shape index (κ1) is 21.6. The van der Waals surface area contributed by atoms with Crippen molar-refractivity contribution in [1.82, 2.24) is 9.97 Å². The zero-order chi connectivity index (χ0) is 21.3. The van der Waals surface area contributed by atoms with Crippen molar-refractivity contribution < 1.29 is 39.6 Å². The molecule has 0 atom stereocenters. The predicted octanol–water partition coefficient (Wildman–Crippen LogP) is 2.20. The Kier molecular flexibility index (Phi) is 5.66. The molecule has 14 heteroatoms. The van der Waals surface area contributed by atoms with E-state index in [2.05, 4.69) is 21.7 Å². The third-order valence-electron chi connectivity index (χ3n) is 3.36. The van der Waals surface area contributed by atoms with E-state index in [0.717, 1.165) is 12.2 Å². The van der Waals surface area contributed by atoms with Crippen LogP contribution in [0.2, 0.25) is 0 Å². The average Bonchev–Trinajstić information content (AvgIpc) is 3.03. The number of sulfone groups is 2. The van der Waals surface area contributed by atoms with Crippen LogP contribution in [0.3, 0.4) is 0 Å². The molecule has 0 radical (unpaired) electrons. The lowest BCUT2D eigenvalue weighted by molar-refractivity contribution is -0.0436. The standard InChI is InChI=1S/C14H12F3N3O6S2/c1-3-5-10(27(22,23)4-2)11(20-21)13-19-9-6-8(7-18-12(9)26-13)28(24,25)14(15,16)17/h3,5-7,21H,1,4H2,2H3/b10-5+,20-11-. The van der Waals surface area contributed by atoms with E-state index >= 15 is 0 Å². The smallest absolute Gasteiger partial charge is 0.416 e. The number of aromatic nitrogens is 2. The SMILES string of the molecule is C=C/C=C(\C(=N\O)c1nc2cc(S(=O)(=O)C(F)(F)F)cnc2o1)S(=O)(=O)CC. The fourth-order valence-electron chi connectivity index (χ4n) is 1.98. The summed E-state index contributed by atoms with van der Waals surface area (Å²) in [5.41, 5.74) is -7.03. The maximum absolute atomic E-state index is 12.7. The zero-order valence-corrected chi connectivity index (χ0v) is 15.6. The molecule has 28 heavy (non-hydrogen) atoms. The van der Waals surface area contributed by atoms with Crippen LogP contribution in [0.1, 0.15) is 12.8 Å². The Bertz CT molecular complexity index is 1190. The number of pyridine rings is 1. The molecule has 0 aliphatic carbocycles. The van der Waals surface area contributed by atoms with Crippen LogP contribution in [0.5, 0.6) is 0 Å². The summed E-state index contributed by atoms with van der Waals surface area (Å²) in [5, 5.41) is 12.1. The van der Waals surface area contributed by atoms with Gasteiger partial charge in [0.05, 0.1) is 16.8 Å². The highest BCUT2D eigenvalue weighted by Crippen LogP contribution is 2.31. The van der Waals surface area contributed by atoms with Gasteiger partial charge >= 0.3 is 5.51 Å². The van der Waals surface area contributed by atoms with Crippen molar-refractivity contribution in [3.05, 3.63) is 41.8 Å². The number of halogens is 3. The van der Waals surface area contributed by atoms with Crippen LogP contribution >= 0.6 is 0 Å². The first-order valence-electron chi connectivity index (χ1n) is 7.25. The molecule has 0 spiro atoms. The van der Waals surface area contributed by atoms with Crippen LogP contribution in [0.25, 0.3) is 11.2 Å². The third-order valence-corrected chi connectivity index (χ3v) is 6.57. The van der Waals surface area contributed by atoms with Crippen LogP contribution in [0.15, 0.2) is 50.4 Å². The van der Waals surface area contributed by atoms with E-state index in [1.54, 1.807) is 0 Å². The molecule has 9 nitrogen and oxygen atoms in total. The Balaban J connectivity index is 2.66. The molecule has 152 valence electrons. The van der Waals surface area contributed by atoms with Gasteiger partial charge in [-0.2, -0.15) is 13.2 Å². The van der Waals surface area contributed by atoms with Gasteiger partial charge < -0.3 is 9.62 Å². The summed E-state index contributed by atoms with van der Waals surface area (Å²) in [4.78, 5) is 5.46. The molecule has 0 saturated heterocycles. The van der Waals surface area contributed by atoms with Crippen LogP contribution < -0.4 is 0 Å². The molecule has 0 saturated carbocycles. The normalized spacial score (nSPS) is 14.4. The first-order valence-corrected chi connectivity index (χ1v) is 10.4. The number of oxime groups is 1. The minimum Gasteiger partial charge on any atom is -0.416 e. The molecule has 0 aliphatic heterocycles. The zero-order valence-electron chi connectivity index (χ0n) is 14.0. The number of rotatable bonds is 6. The lowest BCUT2D eigenvalue weighted by atomic mass is 10.3. The highest BCUT2D eigenvalue weighted by atomic mass is 32.2. The molecule has 2 heterocycles. The third kappa shape index (κ3) is 3.77. The Morgan fingerprint density at radius 3 is 2.50 bits per heavy atom. The number of allylic oxidation sites excluding steroid dienone is 3. The molecule has 1 N–H and O–H groups in total. The number of alkyl halides is 3. The van der Waals surface area contributed by atoms with Gasteiger partial charge in [-0.15, -0.1) is 0 Å². The fraction of sp³-hybridized carbons (Fsp3) is 0.214. The summed E-state index contributed by atoms with van der Waals surface area (Å²) in [6.07, 6.45) is 2.53. The maximum Gasteiger partial charge on any atom is 0.501 e. The van der Waals surface area contributed by atoms with E-state index in [9.17, 15) is 35.2 Å². The van der Waals surface area contributed by atoms with E-state index in [-0.39, 0.29) is 5.75 Å². The van der Waals surface area contributed by atoms with Gasteiger partial charge in [0.2, 0.25) is 5.71 Å². The van der Waals surface area contributed by atoms with Gasteiger partial charge in [-0.25, -0.2) is 26.8 Å². The van der Waals surface area contributed by atoms with Crippen molar-refractivity contribution in [2.24, 2.45) is 5.16 Å². The van der Waals surface area contributed by atoms with E-state index in [1.165, 1.54) is 6.92 Å². The molecule has 0 aliphatic rings. The van der Waals surface area contributed by atoms with Crippen LogP contribution in [-0.2, 0) is 19.7 Å². The summed E-state index contributed by atoms with van der Waals surface area (Å²) < 4.78 is 90.4. The molecule has 0 unspecified atom stereocenters. The minimum absolute atomic E-state index is 0.377. The molecule has 0 fully saturated rings. The summed E-state index contributed by atoms with van der Waals surface area (Å²) in [5.74, 6) is -0.977. The van der Waals surface area contributed by atoms with Crippen molar-refractivity contribution in [3.8, 4) is 0 Å². The Morgan fingerprint density at radius 2 is 2.00 bits per heavy atom. The first-order chi connectivity index (χ1) is 12.9. The number of hydrogen-bond acceptors (Lipinski definition) is 9. The van der Waals surface area contributed by atoms with Crippen LogP contribution in [-0.4, -0.2) is 49.0 Å². The van der Waals surface area contributed by atoms with E-state index in [0.29, 0.717) is 12.3 Å². The molecule has 2 aromatic rings. The molecular formula is C14H12F3N3O6S2. The molecule has 2 rings (SSSR count). The average molecular weight is 439 g/mol. The lowest BCUT2D eigenvalue weighted by Crippen LogP contribution is -2.23. The van der Waals surface area contributed by atoms with Crippen molar-refractivity contribution in [2.45, 2.75) is 17.3 Å². The Labute approximate surface area is 156 Å². The summed E-state index contributed by atoms with van der Waals surface area (Å²) in [6, 6.07) is 0.554. The fourth-order valence-corrected chi connectivity index (χ4v) is 3.74. The van der Waals surface area contributed by atoms with Gasteiger partial charge in [0.15, 0.2) is 15.5 Å². The van der Waals surface area contributed by atoms with Crippen molar-refractivity contribution in [1.29, 1.82) is 0 Å². The van der Waals surface area contributed by atoms with Gasteiger partial charge in [-0.05, 0) is 12.1 Å². The minimum atomic E-state index is -5.68. The van der Waals surface area contributed by atoms with Gasteiger partial charge in [-0.1, -0.05) is 24.7 Å². The van der Waals surface area contributed by atoms with Crippen molar-refractivity contribution >= 4 is 36.6 Å². The molecule has 0 bridgehead atoms. The second-order valence-corrected chi connectivity index (χ2v) is 9.27. The van der Waals surface area contributed by atoms with Gasteiger partial charge in [0, 0.05) is 0 Å². The summed E-state index contributed by atoms with van der Waals surface area (Å²) in [7, 11) is -9.62. The van der Waals surface area contributed by atoms with E-state index < -0.39 is 57.8 Å². The summed E-state index contributed by atoms with van der Waals surface area (Å²) in [6.45, 7) is 4.67. The van der Waals surface area contributed by atoms with Gasteiger partial charge in [0.25, 0.3) is 15.7 Å².